The molecule has 0 radical (unpaired) electrons. The fourth-order valence-electron chi connectivity index (χ4n) is 3.15. The number of carbonyl (C=O) groups is 1. The van der Waals surface area contributed by atoms with E-state index in [2.05, 4.69) is 4.98 Å². The van der Waals surface area contributed by atoms with Gasteiger partial charge in [0.25, 0.3) is 0 Å². The summed E-state index contributed by atoms with van der Waals surface area (Å²) in [6.45, 7) is 4.19. The molecule has 1 fully saturated rings. The highest BCUT2D eigenvalue weighted by Crippen LogP contribution is 2.23. The molecule has 2 heterocycles. The molecule has 0 unspecified atom stereocenters. The van der Waals surface area contributed by atoms with Crippen LogP contribution in [0.1, 0.15) is 25.3 Å². The van der Waals surface area contributed by atoms with Crippen LogP contribution in [-0.2, 0) is 21.4 Å². The van der Waals surface area contributed by atoms with Crippen molar-refractivity contribution in [3.63, 3.8) is 0 Å². The van der Waals surface area contributed by atoms with Crippen molar-refractivity contribution < 1.29 is 17.9 Å². The van der Waals surface area contributed by atoms with Crippen LogP contribution in [0.5, 0.6) is 5.75 Å². The Hall–Kier alpha value is -2.10. The van der Waals surface area contributed by atoms with Crippen LogP contribution in [0.15, 0.2) is 52.5 Å². The molecule has 0 saturated carbocycles. The highest BCUT2D eigenvalue weighted by molar-refractivity contribution is 7.99. The van der Waals surface area contributed by atoms with Gasteiger partial charge in [-0.3, -0.25) is 4.79 Å². The largest absolute Gasteiger partial charge is 0.494 e. The molecule has 0 N–H and O–H groups in total. The van der Waals surface area contributed by atoms with E-state index in [0.29, 0.717) is 31.3 Å². The zero-order valence-corrected chi connectivity index (χ0v) is 18.9. The van der Waals surface area contributed by atoms with Crippen molar-refractivity contribution in [1.82, 2.24) is 14.2 Å². The Morgan fingerprint density at radius 2 is 1.87 bits per heavy atom. The van der Waals surface area contributed by atoms with Gasteiger partial charge in [-0.25, -0.2) is 13.4 Å². The molecule has 9 heteroatoms. The fraction of sp³-hybridized carbons (Fsp3) is 0.429. The van der Waals surface area contributed by atoms with Gasteiger partial charge in [0.15, 0.2) is 0 Å². The minimum atomic E-state index is -3.46. The first-order valence-electron chi connectivity index (χ1n) is 9.95. The number of aromatic nitrogens is 1. The monoisotopic (exact) mass is 449 g/mol. The third kappa shape index (κ3) is 5.74. The first-order valence-corrected chi connectivity index (χ1v) is 12.4. The Labute approximate surface area is 182 Å². The number of rotatable bonds is 9. The maximum absolute atomic E-state index is 12.5. The number of amides is 1. The van der Waals surface area contributed by atoms with Gasteiger partial charge in [0.1, 0.15) is 10.6 Å². The molecular weight excluding hydrogens is 422 g/mol. The van der Waals surface area contributed by atoms with Gasteiger partial charge in [-0.05, 0) is 49.6 Å². The smallest absolute Gasteiger partial charge is 0.244 e. The molecule has 3 rings (SSSR count). The standard InChI is InChI=1S/C21H27N3O4S2/c1-3-28-18-8-6-17(7-9-18)15-23(2)21(25)16-29-20-11-10-19(14-22-20)30(26,27)24-12-4-5-13-24/h6-11,14H,3-5,12-13,15-16H2,1-2H3. The molecule has 162 valence electrons. The van der Waals surface area contributed by atoms with Crippen molar-refractivity contribution in [2.24, 2.45) is 0 Å². The number of sulfonamides is 1. The van der Waals surface area contributed by atoms with E-state index in [-0.39, 0.29) is 16.6 Å². The lowest BCUT2D eigenvalue weighted by Crippen LogP contribution is -2.28. The van der Waals surface area contributed by atoms with Crippen molar-refractivity contribution in [2.45, 2.75) is 36.2 Å². The zero-order valence-electron chi connectivity index (χ0n) is 17.3. The SMILES string of the molecule is CCOc1ccc(CN(C)C(=O)CSc2ccc(S(=O)(=O)N3CCCC3)cn2)cc1. The Morgan fingerprint density at radius 3 is 2.47 bits per heavy atom. The van der Waals surface area contributed by atoms with E-state index in [4.69, 9.17) is 4.74 Å². The summed E-state index contributed by atoms with van der Waals surface area (Å²) in [5.74, 6) is 1.02. The third-order valence-corrected chi connectivity index (χ3v) is 7.65. The summed E-state index contributed by atoms with van der Waals surface area (Å²) < 4.78 is 32.0. The van der Waals surface area contributed by atoms with Gasteiger partial charge in [-0.1, -0.05) is 23.9 Å². The van der Waals surface area contributed by atoms with Gasteiger partial charge in [-0.15, -0.1) is 0 Å². The van der Waals surface area contributed by atoms with E-state index in [1.807, 2.05) is 31.2 Å². The molecule has 2 aromatic rings. The van der Waals surface area contributed by atoms with Gasteiger partial charge >= 0.3 is 0 Å². The topological polar surface area (TPSA) is 79.8 Å². The molecule has 0 spiro atoms. The van der Waals surface area contributed by atoms with Crippen LogP contribution in [0.25, 0.3) is 0 Å². The molecule has 1 aliphatic heterocycles. The molecule has 7 nitrogen and oxygen atoms in total. The third-order valence-electron chi connectivity index (χ3n) is 4.84. The summed E-state index contributed by atoms with van der Waals surface area (Å²) in [6, 6.07) is 10.9. The number of thioether (sulfide) groups is 1. The Balaban J connectivity index is 1.51. The number of ether oxygens (including phenoxy) is 1. The van der Waals surface area contributed by atoms with E-state index in [1.54, 1.807) is 24.1 Å². The molecule has 1 saturated heterocycles. The predicted molar refractivity (Wildman–Crippen MR) is 117 cm³/mol. The summed E-state index contributed by atoms with van der Waals surface area (Å²) >= 11 is 1.30. The maximum Gasteiger partial charge on any atom is 0.244 e. The summed E-state index contributed by atoms with van der Waals surface area (Å²) in [4.78, 5) is 18.5. The number of hydrogen-bond donors (Lipinski definition) is 0. The van der Waals surface area contributed by atoms with Crippen LogP contribution in [0.3, 0.4) is 0 Å². The summed E-state index contributed by atoms with van der Waals surface area (Å²) in [6.07, 6.45) is 3.17. The molecule has 30 heavy (non-hydrogen) atoms. The lowest BCUT2D eigenvalue weighted by molar-refractivity contribution is -0.127. The lowest BCUT2D eigenvalue weighted by atomic mass is 10.2. The Bertz CT molecular complexity index is 941. The molecule has 0 atom stereocenters. The fourth-order valence-corrected chi connectivity index (χ4v) is 5.39. The van der Waals surface area contributed by atoms with Crippen molar-refractivity contribution in [2.75, 3.05) is 32.5 Å². The molecular formula is C21H27N3O4S2. The first-order chi connectivity index (χ1) is 14.4. The number of benzene rings is 1. The Morgan fingerprint density at radius 1 is 1.17 bits per heavy atom. The summed E-state index contributed by atoms with van der Waals surface area (Å²) in [5.41, 5.74) is 1.02. The average molecular weight is 450 g/mol. The highest BCUT2D eigenvalue weighted by atomic mass is 32.2. The van der Waals surface area contributed by atoms with Crippen molar-refractivity contribution in [1.29, 1.82) is 0 Å². The molecule has 1 aromatic heterocycles. The number of nitrogens with zero attached hydrogens (tertiary/aromatic N) is 3. The van der Waals surface area contributed by atoms with E-state index in [1.165, 1.54) is 22.3 Å². The van der Waals surface area contributed by atoms with Crippen molar-refractivity contribution in [3.8, 4) is 5.75 Å². The average Bonchev–Trinajstić information content (AvgIpc) is 3.30. The number of carbonyl (C=O) groups excluding carboxylic acids is 1. The minimum Gasteiger partial charge on any atom is -0.494 e. The summed E-state index contributed by atoms with van der Waals surface area (Å²) in [7, 11) is -1.70. The number of pyridine rings is 1. The van der Waals surface area contributed by atoms with Crippen LogP contribution >= 0.6 is 11.8 Å². The second kappa shape index (κ2) is 10.3. The van der Waals surface area contributed by atoms with Crippen LogP contribution in [0, 0.1) is 0 Å². The van der Waals surface area contributed by atoms with E-state index >= 15 is 0 Å². The first kappa shape index (κ1) is 22.6. The zero-order chi connectivity index (χ0) is 21.6. The van der Waals surface area contributed by atoms with Crippen molar-refractivity contribution in [3.05, 3.63) is 48.2 Å². The molecule has 0 bridgehead atoms. The van der Waals surface area contributed by atoms with Gasteiger partial charge in [0.2, 0.25) is 15.9 Å². The quantitative estimate of drug-likeness (QED) is 0.548. The van der Waals surface area contributed by atoms with Gasteiger partial charge in [0, 0.05) is 32.9 Å². The summed E-state index contributed by atoms with van der Waals surface area (Å²) in [5, 5.41) is 0.623. The molecule has 1 aromatic carbocycles. The molecule has 1 amide bonds. The Kier molecular flexibility index (Phi) is 7.74. The number of hydrogen-bond acceptors (Lipinski definition) is 6. The van der Waals surface area contributed by atoms with Crippen LogP contribution in [-0.4, -0.2) is 61.0 Å². The van der Waals surface area contributed by atoms with Gasteiger partial charge < -0.3 is 9.64 Å². The van der Waals surface area contributed by atoms with Crippen LogP contribution in [0.2, 0.25) is 0 Å². The van der Waals surface area contributed by atoms with E-state index in [9.17, 15) is 13.2 Å². The normalized spacial score (nSPS) is 14.6. The van der Waals surface area contributed by atoms with Gasteiger partial charge in [-0.2, -0.15) is 4.31 Å². The van der Waals surface area contributed by atoms with E-state index < -0.39 is 10.0 Å². The van der Waals surface area contributed by atoms with Crippen LogP contribution < -0.4 is 4.74 Å². The second-order valence-corrected chi connectivity index (χ2v) is 9.99. The maximum atomic E-state index is 12.5. The van der Waals surface area contributed by atoms with Crippen LogP contribution in [0.4, 0.5) is 0 Å². The predicted octanol–water partition coefficient (Wildman–Crippen LogP) is 3.02. The molecule has 0 aliphatic carbocycles. The van der Waals surface area contributed by atoms with E-state index in [0.717, 1.165) is 24.2 Å². The van der Waals surface area contributed by atoms with Crippen molar-refractivity contribution >= 4 is 27.7 Å². The highest BCUT2D eigenvalue weighted by Gasteiger charge is 2.27. The lowest BCUT2D eigenvalue weighted by Gasteiger charge is -2.17. The minimum absolute atomic E-state index is 0.0237. The second-order valence-electron chi connectivity index (χ2n) is 7.06. The van der Waals surface area contributed by atoms with Gasteiger partial charge in [0.05, 0.1) is 17.4 Å². The molecule has 1 aliphatic rings.